The molecule has 0 aliphatic carbocycles. The van der Waals surface area contributed by atoms with Gasteiger partial charge in [-0.3, -0.25) is 5.43 Å². The monoisotopic (exact) mass is 223 g/mol. The van der Waals surface area contributed by atoms with Crippen LogP contribution >= 0.6 is 11.6 Å². The third-order valence-corrected chi connectivity index (χ3v) is 2.77. The van der Waals surface area contributed by atoms with Crippen LogP contribution in [0.15, 0.2) is 29.4 Å². The van der Waals surface area contributed by atoms with Crippen molar-refractivity contribution in [1.82, 2.24) is 10.3 Å². The number of rotatable bonds is 2. The number of halogens is 1. The Hall–Kier alpha value is -1.22. The largest absolute Gasteiger partial charge is 0.333 e. The molecule has 0 fully saturated rings. The van der Waals surface area contributed by atoms with E-state index in [1.54, 1.807) is 0 Å². The van der Waals surface area contributed by atoms with Gasteiger partial charge in [-0.1, -0.05) is 23.7 Å². The van der Waals surface area contributed by atoms with Crippen molar-refractivity contribution in [1.29, 1.82) is 0 Å². The van der Waals surface area contributed by atoms with Crippen molar-refractivity contribution < 1.29 is 0 Å². The predicted molar refractivity (Wildman–Crippen MR) is 62.7 cm³/mol. The number of nitrogens with one attached hydrogen (secondary N) is 1. The Kier molecular flexibility index (Phi) is 2.57. The first-order chi connectivity index (χ1) is 7.08. The first-order valence-corrected chi connectivity index (χ1v) is 5.27. The third-order valence-electron chi connectivity index (χ3n) is 2.52. The molecular weight excluding hydrogens is 210 g/mol. The summed E-state index contributed by atoms with van der Waals surface area (Å²) >= 11 is 5.83. The standard InChI is InChI=1S/C11H14ClN3/c1-11(2)14-13-8-15(11)7-9-3-5-10(12)6-4-9/h3-6,8,14H,7H2,1-2H3. The lowest BCUT2D eigenvalue weighted by Crippen LogP contribution is -2.46. The van der Waals surface area contributed by atoms with Gasteiger partial charge in [0.05, 0.1) is 0 Å². The van der Waals surface area contributed by atoms with E-state index in [1.165, 1.54) is 5.56 Å². The molecule has 80 valence electrons. The summed E-state index contributed by atoms with van der Waals surface area (Å²) < 4.78 is 0. The number of hydrazone groups is 1. The highest BCUT2D eigenvalue weighted by atomic mass is 35.5. The molecule has 1 aromatic rings. The summed E-state index contributed by atoms with van der Waals surface area (Å²) in [5.74, 6) is 0. The van der Waals surface area contributed by atoms with E-state index < -0.39 is 0 Å². The van der Waals surface area contributed by atoms with Gasteiger partial charge < -0.3 is 4.90 Å². The van der Waals surface area contributed by atoms with Crippen LogP contribution in [0.25, 0.3) is 0 Å². The maximum atomic E-state index is 5.83. The summed E-state index contributed by atoms with van der Waals surface area (Å²) in [5.41, 5.74) is 4.16. The molecule has 0 saturated carbocycles. The lowest BCUT2D eigenvalue weighted by molar-refractivity contribution is 0.197. The smallest absolute Gasteiger partial charge is 0.121 e. The average molecular weight is 224 g/mol. The van der Waals surface area contributed by atoms with E-state index in [0.29, 0.717) is 0 Å². The molecule has 0 spiro atoms. The van der Waals surface area contributed by atoms with Crippen molar-refractivity contribution in [2.24, 2.45) is 5.10 Å². The molecule has 0 radical (unpaired) electrons. The minimum absolute atomic E-state index is 0.111. The molecule has 0 atom stereocenters. The van der Waals surface area contributed by atoms with E-state index in [-0.39, 0.29) is 5.66 Å². The van der Waals surface area contributed by atoms with Crippen LogP contribution in [0.3, 0.4) is 0 Å². The van der Waals surface area contributed by atoms with Crippen LogP contribution in [0.1, 0.15) is 19.4 Å². The number of hydrogen-bond acceptors (Lipinski definition) is 3. The van der Waals surface area contributed by atoms with Crippen molar-refractivity contribution >= 4 is 17.9 Å². The van der Waals surface area contributed by atoms with Crippen molar-refractivity contribution in [3.63, 3.8) is 0 Å². The summed E-state index contributed by atoms with van der Waals surface area (Å²) in [7, 11) is 0. The fourth-order valence-corrected chi connectivity index (χ4v) is 1.62. The molecule has 0 amide bonds. The van der Waals surface area contributed by atoms with Crippen LogP contribution in [0.2, 0.25) is 5.02 Å². The van der Waals surface area contributed by atoms with Crippen LogP contribution in [0, 0.1) is 0 Å². The molecular formula is C11H14ClN3. The van der Waals surface area contributed by atoms with Gasteiger partial charge >= 0.3 is 0 Å². The van der Waals surface area contributed by atoms with Gasteiger partial charge in [0, 0.05) is 11.6 Å². The zero-order chi connectivity index (χ0) is 10.9. The predicted octanol–water partition coefficient (Wildman–Crippen LogP) is 2.42. The molecule has 0 bridgehead atoms. The van der Waals surface area contributed by atoms with Gasteiger partial charge in [-0.05, 0) is 31.5 Å². The molecule has 4 heteroatoms. The number of hydrogen-bond donors (Lipinski definition) is 1. The van der Waals surface area contributed by atoms with Crippen LogP contribution in [0.4, 0.5) is 0 Å². The lowest BCUT2D eigenvalue weighted by atomic mass is 10.1. The molecule has 1 aliphatic heterocycles. The van der Waals surface area contributed by atoms with Crippen LogP contribution < -0.4 is 5.43 Å². The van der Waals surface area contributed by atoms with Gasteiger partial charge in [0.15, 0.2) is 0 Å². The Morgan fingerprint density at radius 3 is 2.53 bits per heavy atom. The van der Waals surface area contributed by atoms with Gasteiger partial charge in [0.2, 0.25) is 0 Å². The van der Waals surface area contributed by atoms with E-state index >= 15 is 0 Å². The van der Waals surface area contributed by atoms with Crippen molar-refractivity contribution in [3.05, 3.63) is 34.9 Å². The molecule has 2 rings (SSSR count). The molecule has 15 heavy (non-hydrogen) atoms. The second kappa shape index (κ2) is 3.74. The van der Waals surface area contributed by atoms with E-state index in [4.69, 9.17) is 11.6 Å². The highest BCUT2D eigenvalue weighted by Gasteiger charge is 2.27. The zero-order valence-electron chi connectivity index (χ0n) is 8.87. The average Bonchev–Trinajstić information content (AvgIpc) is 2.50. The van der Waals surface area contributed by atoms with E-state index in [2.05, 4.69) is 29.3 Å². The van der Waals surface area contributed by atoms with E-state index in [0.717, 1.165) is 11.6 Å². The van der Waals surface area contributed by atoms with Gasteiger partial charge in [-0.25, -0.2) is 0 Å². The van der Waals surface area contributed by atoms with Gasteiger partial charge in [0.1, 0.15) is 12.0 Å². The van der Waals surface area contributed by atoms with Gasteiger partial charge in [0.25, 0.3) is 0 Å². The normalized spacial score (nSPS) is 17.9. The molecule has 1 heterocycles. The molecule has 0 aromatic heterocycles. The first kappa shape index (κ1) is 10.3. The minimum atomic E-state index is -0.111. The fraction of sp³-hybridized carbons (Fsp3) is 0.364. The quantitative estimate of drug-likeness (QED) is 0.834. The van der Waals surface area contributed by atoms with Crippen LogP contribution in [-0.2, 0) is 6.54 Å². The first-order valence-electron chi connectivity index (χ1n) is 4.89. The van der Waals surface area contributed by atoms with Crippen molar-refractivity contribution in [2.75, 3.05) is 0 Å². The minimum Gasteiger partial charge on any atom is -0.333 e. The van der Waals surface area contributed by atoms with Gasteiger partial charge in [-0.2, -0.15) is 5.10 Å². The topological polar surface area (TPSA) is 27.6 Å². The highest BCUT2D eigenvalue weighted by molar-refractivity contribution is 6.30. The summed E-state index contributed by atoms with van der Waals surface area (Å²) in [6.45, 7) is 5.02. The molecule has 1 aliphatic rings. The Bertz CT molecular complexity index is 370. The summed E-state index contributed by atoms with van der Waals surface area (Å²) in [4.78, 5) is 2.15. The molecule has 3 nitrogen and oxygen atoms in total. The third kappa shape index (κ3) is 2.23. The number of nitrogens with zero attached hydrogens (tertiary/aromatic N) is 2. The Morgan fingerprint density at radius 2 is 2.00 bits per heavy atom. The zero-order valence-corrected chi connectivity index (χ0v) is 9.62. The second-order valence-corrected chi connectivity index (χ2v) is 4.61. The molecule has 1 aromatic carbocycles. The molecule has 1 N–H and O–H groups in total. The second-order valence-electron chi connectivity index (χ2n) is 4.17. The summed E-state index contributed by atoms with van der Waals surface area (Å²) in [5, 5.41) is 4.83. The molecule has 0 saturated heterocycles. The highest BCUT2D eigenvalue weighted by Crippen LogP contribution is 2.18. The van der Waals surface area contributed by atoms with Crippen molar-refractivity contribution in [2.45, 2.75) is 26.1 Å². The van der Waals surface area contributed by atoms with Crippen molar-refractivity contribution in [3.8, 4) is 0 Å². The van der Waals surface area contributed by atoms with Gasteiger partial charge in [-0.15, -0.1) is 0 Å². The Morgan fingerprint density at radius 1 is 1.33 bits per heavy atom. The Balaban J connectivity index is 2.09. The van der Waals surface area contributed by atoms with E-state index in [9.17, 15) is 0 Å². The van der Waals surface area contributed by atoms with Crippen LogP contribution in [-0.4, -0.2) is 16.9 Å². The summed E-state index contributed by atoms with van der Waals surface area (Å²) in [6, 6.07) is 7.88. The lowest BCUT2D eigenvalue weighted by Gasteiger charge is -2.30. The fourth-order valence-electron chi connectivity index (χ4n) is 1.49. The molecule has 0 unspecified atom stereocenters. The van der Waals surface area contributed by atoms with Crippen LogP contribution in [0.5, 0.6) is 0 Å². The maximum absolute atomic E-state index is 5.83. The maximum Gasteiger partial charge on any atom is 0.121 e. The SMILES string of the molecule is CC1(C)NN=CN1Cc1ccc(Cl)cc1. The van der Waals surface area contributed by atoms with E-state index in [1.807, 2.05) is 30.6 Å². The number of benzene rings is 1. The summed E-state index contributed by atoms with van der Waals surface area (Å²) in [6.07, 6.45) is 1.83. The Labute approximate surface area is 94.7 Å².